The van der Waals surface area contributed by atoms with Crippen molar-refractivity contribution < 1.29 is 18.4 Å². The van der Waals surface area contributed by atoms with Crippen LogP contribution in [0.1, 0.15) is 16.8 Å². The van der Waals surface area contributed by atoms with Gasteiger partial charge in [-0.25, -0.2) is 4.39 Å². The van der Waals surface area contributed by atoms with Crippen LogP contribution in [0.5, 0.6) is 5.75 Å². The molecular weight excluding hydrogens is 347 g/mol. The molecule has 0 bridgehead atoms. The lowest BCUT2D eigenvalue weighted by Crippen LogP contribution is -2.36. The van der Waals surface area contributed by atoms with Crippen LogP contribution >= 0.6 is 0 Å². The maximum Gasteiger partial charge on any atom is 0.227 e. The highest BCUT2D eigenvalue weighted by atomic mass is 19.1. The summed E-state index contributed by atoms with van der Waals surface area (Å²) in [4.78, 5) is 14.4. The minimum Gasteiger partial charge on any atom is -0.497 e. The number of hydrogen-bond acceptors (Lipinski definition) is 4. The fourth-order valence-electron chi connectivity index (χ4n) is 3.30. The van der Waals surface area contributed by atoms with E-state index in [0.717, 1.165) is 28.1 Å². The standard InChI is InChI=1S/C21H19FN2O3/c1-26-17-8-2-14(3-9-17)12-20(25)24-11-10-18-19(13-24)23-27-21(18)15-4-6-16(22)7-5-15/h2-9H,10-13H2,1H3. The van der Waals surface area contributed by atoms with E-state index in [0.29, 0.717) is 31.7 Å². The predicted octanol–water partition coefficient (Wildman–Crippen LogP) is 3.62. The van der Waals surface area contributed by atoms with Crippen molar-refractivity contribution in [3.05, 3.63) is 71.2 Å². The lowest BCUT2D eigenvalue weighted by Gasteiger charge is -2.26. The number of hydrogen-bond donors (Lipinski definition) is 0. The van der Waals surface area contributed by atoms with Gasteiger partial charge in [0, 0.05) is 17.7 Å². The summed E-state index contributed by atoms with van der Waals surface area (Å²) in [6.45, 7) is 1.03. The van der Waals surface area contributed by atoms with Crippen LogP contribution in [-0.2, 0) is 24.2 Å². The number of nitrogens with zero attached hydrogens (tertiary/aromatic N) is 2. The molecule has 4 rings (SSSR count). The molecule has 0 radical (unpaired) electrons. The number of carbonyl (C=O) groups is 1. The summed E-state index contributed by atoms with van der Waals surface area (Å²) < 4.78 is 23.8. The van der Waals surface area contributed by atoms with E-state index < -0.39 is 0 Å². The van der Waals surface area contributed by atoms with Crippen molar-refractivity contribution in [3.8, 4) is 17.1 Å². The molecule has 6 heteroatoms. The molecule has 0 saturated heterocycles. The van der Waals surface area contributed by atoms with Gasteiger partial charge in [-0.15, -0.1) is 0 Å². The molecule has 2 heterocycles. The van der Waals surface area contributed by atoms with Crippen molar-refractivity contribution in [2.45, 2.75) is 19.4 Å². The van der Waals surface area contributed by atoms with Gasteiger partial charge in [0.1, 0.15) is 17.3 Å². The third-order valence-electron chi connectivity index (χ3n) is 4.82. The third kappa shape index (κ3) is 3.56. The van der Waals surface area contributed by atoms with E-state index in [1.54, 1.807) is 24.1 Å². The highest BCUT2D eigenvalue weighted by Gasteiger charge is 2.27. The van der Waals surface area contributed by atoms with E-state index >= 15 is 0 Å². The molecule has 5 nitrogen and oxygen atoms in total. The van der Waals surface area contributed by atoms with Crippen LogP contribution in [0, 0.1) is 5.82 Å². The zero-order valence-electron chi connectivity index (χ0n) is 14.9. The molecule has 1 aromatic heterocycles. The number of amides is 1. The molecule has 138 valence electrons. The average molecular weight is 366 g/mol. The molecule has 1 amide bonds. The van der Waals surface area contributed by atoms with Crippen molar-refractivity contribution in [2.24, 2.45) is 0 Å². The van der Waals surface area contributed by atoms with Crippen LogP contribution in [0.15, 0.2) is 53.1 Å². The van der Waals surface area contributed by atoms with Gasteiger partial charge in [-0.3, -0.25) is 4.79 Å². The summed E-state index contributed by atoms with van der Waals surface area (Å²) in [5.74, 6) is 1.19. The van der Waals surface area contributed by atoms with E-state index in [-0.39, 0.29) is 11.7 Å². The first-order valence-corrected chi connectivity index (χ1v) is 8.78. The van der Waals surface area contributed by atoms with Crippen molar-refractivity contribution in [3.63, 3.8) is 0 Å². The van der Waals surface area contributed by atoms with E-state index in [1.807, 2.05) is 24.3 Å². The van der Waals surface area contributed by atoms with Gasteiger partial charge in [-0.05, 0) is 48.4 Å². The SMILES string of the molecule is COc1ccc(CC(=O)N2CCc3c(noc3-c3ccc(F)cc3)C2)cc1. The molecule has 0 unspecified atom stereocenters. The van der Waals surface area contributed by atoms with Gasteiger partial charge in [-0.1, -0.05) is 17.3 Å². The van der Waals surface area contributed by atoms with Crippen LogP contribution in [0.3, 0.4) is 0 Å². The van der Waals surface area contributed by atoms with Crippen molar-refractivity contribution in [2.75, 3.05) is 13.7 Å². The van der Waals surface area contributed by atoms with Crippen molar-refractivity contribution in [1.82, 2.24) is 10.1 Å². The van der Waals surface area contributed by atoms with Gasteiger partial charge >= 0.3 is 0 Å². The molecule has 3 aromatic rings. The Morgan fingerprint density at radius 2 is 1.93 bits per heavy atom. The number of halogens is 1. The normalized spacial score (nSPS) is 13.3. The summed E-state index contributed by atoms with van der Waals surface area (Å²) >= 11 is 0. The summed E-state index contributed by atoms with van der Waals surface area (Å²) in [6, 6.07) is 13.7. The fraction of sp³-hybridized carbons (Fsp3) is 0.238. The second-order valence-electron chi connectivity index (χ2n) is 6.53. The molecule has 1 aliphatic rings. The Balaban J connectivity index is 1.46. The molecular formula is C21H19FN2O3. The Hall–Kier alpha value is -3.15. The Morgan fingerprint density at radius 3 is 2.63 bits per heavy atom. The van der Waals surface area contributed by atoms with E-state index in [2.05, 4.69) is 5.16 Å². The van der Waals surface area contributed by atoms with Gasteiger partial charge in [0.2, 0.25) is 5.91 Å². The van der Waals surface area contributed by atoms with Gasteiger partial charge in [-0.2, -0.15) is 0 Å². The number of rotatable bonds is 4. The zero-order valence-corrected chi connectivity index (χ0v) is 14.9. The monoisotopic (exact) mass is 366 g/mol. The Labute approximate surface area is 156 Å². The second-order valence-corrected chi connectivity index (χ2v) is 6.53. The van der Waals surface area contributed by atoms with E-state index in [1.165, 1.54) is 12.1 Å². The number of benzene rings is 2. The molecule has 27 heavy (non-hydrogen) atoms. The Kier molecular flexibility index (Phi) is 4.62. The minimum absolute atomic E-state index is 0.0529. The maximum absolute atomic E-state index is 13.1. The topological polar surface area (TPSA) is 55.6 Å². The first kappa shape index (κ1) is 17.3. The van der Waals surface area contributed by atoms with Gasteiger partial charge in [0.25, 0.3) is 0 Å². The third-order valence-corrected chi connectivity index (χ3v) is 4.82. The number of aromatic nitrogens is 1. The summed E-state index contributed by atoms with van der Waals surface area (Å²) in [7, 11) is 1.61. The smallest absolute Gasteiger partial charge is 0.227 e. The van der Waals surface area contributed by atoms with Crippen LogP contribution in [0.2, 0.25) is 0 Å². The molecule has 0 N–H and O–H groups in total. The largest absolute Gasteiger partial charge is 0.497 e. The molecule has 0 aliphatic carbocycles. The maximum atomic E-state index is 13.1. The lowest BCUT2D eigenvalue weighted by molar-refractivity contribution is -0.131. The van der Waals surface area contributed by atoms with Crippen LogP contribution < -0.4 is 4.74 Å². The number of carbonyl (C=O) groups excluding carboxylic acids is 1. The molecule has 0 fully saturated rings. The highest BCUT2D eigenvalue weighted by molar-refractivity contribution is 5.79. The Morgan fingerprint density at radius 1 is 1.19 bits per heavy atom. The highest BCUT2D eigenvalue weighted by Crippen LogP contribution is 2.30. The minimum atomic E-state index is -0.289. The van der Waals surface area contributed by atoms with E-state index in [9.17, 15) is 9.18 Å². The summed E-state index contributed by atoms with van der Waals surface area (Å²) in [6.07, 6.45) is 1.00. The average Bonchev–Trinajstić information content (AvgIpc) is 3.12. The first-order chi connectivity index (χ1) is 13.1. The number of fused-ring (bicyclic) bond motifs is 1. The number of methoxy groups -OCH3 is 1. The van der Waals surface area contributed by atoms with Crippen LogP contribution in [0.4, 0.5) is 4.39 Å². The molecule has 0 saturated carbocycles. The van der Waals surface area contributed by atoms with E-state index in [4.69, 9.17) is 9.26 Å². The van der Waals surface area contributed by atoms with Crippen molar-refractivity contribution in [1.29, 1.82) is 0 Å². The quantitative estimate of drug-likeness (QED) is 0.708. The summed E-state index contributed by atoms with van der Waals surface area (Å²) in [5.41, 5.74) is 3.50. The number of ether oxygens (including phenoxy) is 1. The van der Waals surface area contributed by atoms with Crippen LogP contribution in [0.25, 0.3) is 11.3 Å². The van der Waals surface area contributed by atoms with Gasteiger partial charge < -0.3 is 14.2 Å². The molecule has 0 spiro atoms. The zero-order chi connectivity index (χ0) is 18.8. The van der Waals surface area contributed by atoms with Gasteiger partial charge in [0.15, 0.2) is 5.76 Å². The molecule has 2 aromatic carbocycles. The molecule has 0 atom stereocenters. The Bertz CT molecular complexity index is 949. The second kappa shape index (κ2) is 7.23. The lowest BCUT2D eigenvalue weighted by atomic mass is 10.00. The predicted molar refractivity (Wildman–Crippen MR) is 97.7 cm³/mol. The summed E-state index contributed by atoms with van der Waals surface area (Å²) in [5, 5.41) is 4.14. The van der Waals surface area contributed by atoms with Crippen molar-refractivity contribution >= 4 is 5.91 Å². The van der Waals surface area contributed by atoms with Crippen LogP contribution in [-0.4, -0.2) is 29.6 Å². The van der Waals surface area contributed by atoms with Gasteiger partial charge in [0.05, 0.1) is 20.1 Å². The first-order valence-electron chi connectivity index (χ1n) is 8.78. The fourth-order valence-corrected chi connectivity index (χ4v) is 3.30. The molecule has 1 aliphatic heterocycles.